The second-order valence-corrected chi connectivity index (χ2v) is 12.4. The van der Waals surface area contributed by atoms with Crippen molar-refractivity contribution in [3.05, 3.63) is 48.0 Å². The second kappa shape index (κ2) is 12.3. The molecular weight excluding hydrogens is 555 g/mol. The molecule has 0 unspecified atom stereocenters. The molecule has 0 radical (unpaired) electrons. The number of amides is 2. The number of carboxylic acids is 1. The molecule has 0 spiro atoms. The molecule has 2 saturated heterocycles. The first-order valence-electron chi connectivity index (χ1n) is 14.9. The van der Waals surface area contributed by atoms with Crippen molar-refractivity contribution >= 4 is 40.1 Å². The van der Waals surface area contributed by atoms with Crippen LogP contribution >= 0.6 is 11.3 Å². The van der Waals surface area contributed by atoms with Gasteiger partial charge in [0.2, 0.25) is 5.91 Å². The van der Waals surface area contributed by atoms with Crippen LogP contribution < -0.4 is 9.80 Å². The van der Waals surface area contributed by atoms with Gasteiger partial charge in [0.05, 0.1) is 18.0 Å². The van der Waals surface area contributed by atoms with Crippen molar-refractivity contribution in [1.82, 2.24) is 9.97 Å². The first kappa shape index (κ1) is 28.5. The van der Waals surface area contributed by atoms with Gasteiger partial charge in [-0.15, -0.1) is 11.3 Å². The molecule has 42 heavy (non-hydrogen) atoms. The normalized spacial score (nSPS) is 23.8. The maximum Gasteiger partial charge on any atom is 0.304 e. The fourth-order valence-electron chi connectivity index (χ4n) is 6.96. The Morgan fingerprint density at radius 2 is 1.69 bits per heavy atom. The Balaban J connectivity index is 1.27. The lowest BCUT2D eigenvalue weighted by atomic mass is 9.74. The molecule has 10 heteroatoms. The van der Waals surface area contributed by atoms with E-state index >= 15 is 0 Å². The zero-order chi connectivity index (χ0) is 29.2. The average Bonchev–Trinajstić information content (AvgIpc) is 3.76. The highest BCUT2D eigenvalue weighted by molar-refractivity contribution is 7.14. The summed E-state index contributed by atoms with van der Waals surface area (Å²) < 4.78 is 13.7. The number of anilines is 2. The lowest BCUT2D eigenvalue weighted by Crippen LogP contribution is -2.44. The Hall–Kier alpha value is -3.66. The minimum absolute atomic E-state index is 0.0983. The van der Waals surface area contributed by atoms with Gasteiger partial charge in [0, 0.05) is 42.2 Å². The van der Waals surface area contributed by atoms with E-state index in [-0.39, 0.29) is 24.7 Å². The van der Waals surface area contributed by atoms with Crippen LogP contribution in [0.5, 0.6) is 0 Å². The van der Waals surface area contributed by atoms with E-state index in [1.54, 1.807) is 17.2 Å². The SMILES string of the molecule is O=C(O)C[C@@H]1C(=O)N(c2nc(-c3ccccc3-c3ccc(N4CC[C@H](F)C4=O)nc3)cs2)CCCC[C@@H]1C1CCCC1. The summed E-state index contributed by atoms with van der Waals surface area (Å²) in [4.78, 5) is 50.4. The predicted octanol–water partition coefficient (Wildman–Crippen LogP) is 6.36. The van der Waals surface area contributed by atoms with Gasteiger partial charge < -0.3 is 5.11 Å². The number of carboxylic acid groups (broad SMARTS) is 1. The smallest absolute Gasteiger partial charge is 0.304 e. The van der Waals surface area contributed by atoms with Crippen molar-refractivity contribution in [3.63, 3.8) is 0 Å². The van der Waals surface area contributed by atoms with E-state index in [1.807, 2.05) is 35.7 Å². The number of hydrogen-bond donors (Lipinski definition) is 1. The molecule has 1 N–H and O–H groups in total. The van der Waals surface area contributed by atoms with Crippen LogP contribution in [0.15, 0.2) is 48.0 Å². The number of halogens is 1. The summed E-state index contributed by atoms with van der Waals surface area (Å²) in [5.74, 6) is -1.19. The van der Waals surface area contributed by atoms with E-state index in [1.165, 1.54) is 16.2 Å². The van der Waals surface area contributed by atoms with Crippen molar-refractivity contribution in [2.24, 2.45) is 17.8 Å². The third-order valence-corrected chi connectivity index (χ3v) is 9.93. The molecule has 6 rings (SSSR count). The van der Waals surface area contributed by atoms with Crippen LogP contribution in [-0.2, 0) is 14.4 Å². The van der Waals surface area contributed by atoms with E-state index in [0.29, 0.717) is 30.0 Å². The van der Waals surface area contributed by atoms with E-state index in [2.05, 4.69) is 4.98 Å². The molecular formula is C32H35FN4O4S. The van der Waals surface area contributed by atoms with Crippen LogP contribution in [0.1, 0.15) is 57.8 Å². The molecule has 1 aliphatic carbocycles. The van der Waals surface area contributed by atoms with Crippen molar-refractivity contribution in [2.75, 3.05) is 22.9 Å². The number of aliphatic carboxylic acids is 1. The molecule has 4 heterocycles. The molecule has 3 atom stereocenters. The van der Waals surface area contributed by atoms with Gasteiger partial charge in [-0.1, -0.05) is 56.4 Å². The minimum atomic E-state index is -1.47. The third-order valence-electron chi connectivity index (χ3n) is 9.07. The Morgan fingerprint density at radius 3 is 2.38 bits per heavy atom. The number of carbonyl (C=O) groups excluding carboxylic acids is 2. The standard InChI is InChI=1S/C32H35FN4O4S/c33-26-14-16-36(31(26)41)28-13-12-21(18-34-28)23-9-3-4-11-24(23)27-19-42-32(35-27)37-15-6-5-10-22(20-7-1-2-8-20)25(30(37)40)17-29(38)39/h3-4,9,11-13,18-20,22,25-26H,1-2,5-8,10,14-17H2,(H,38,39)/t22-,25+,26+/m1/s1. The highest BCUT2D eigenvalue weighted by Gasteiger charge is 2.40. The van der Waals surface area contributed by atoms with Crippen molar-refractivity contribution in [3.8, 4) is 22.4 Å². The molecule has 3 aromatic rings. The van der Waals surface area contributed by atoms with Gasteiger partial charge in [0.15, 0.2) is 11.3 Å². The van der Waals surface area contributed by atoms with Gasteiger partial charge in [-0.2, -0.15) is 0 Å². The van der Waals surface area contributed by atoms with Crippen LogP contribution in [0.4, 0.5) is 15.3 Å². The van der Waals surface area contributed by atoms with Crippen LogP contribution in [0.3, 0.4) is 0 Å². The van der Waals surface area contributed by atoms with Crippen molar-refractivity contribution in [2.45, 2.75) is 64.0 Å². The zero-order valence-electron chi connectivity index (χ0n) is 23.5. The number of pyridine rings is 1. The Morgan fingerprint density at radius 1 is 0.929 bits per heavy atom. The average molecular weight is 591 g/mol. The van der Waals surface area contributed by atoms with Gasteiger partial charge in [-0.05, 0) is 42.4 Å². The maximum atomic E-state index is 14.0. The Kier molecular flexibility index (Phi) is 8.33. The van der Waals surface area contributed by atoms with E-state index in [4.69, 9.17) is 4.98 Å². The van der Waals surface area contributed by atoms with Crippen LogP contribution in [0.2, 0.25) is 0 Å². The Labute approximate surface area is 248 Å². The molecule has 1 aromatic carbocycles. The second-order valence-electron chi connectivity index (χ2n) is 11.6. The van der Waals surface area contributed by atoms with E-state index < -0.39 is 24.0 Å². The van der Waals surface area contributed by atoms with Crippen molar-refractivity contribution < 1.29 is 23.9 Å². The number of nitrogens with zero attached hydrogens (tertiary/aromatic N) is 4. The predicted molar refractivity (Wildman–Crippen MR) is 160 cm³/mol. The quantitative estimate of drug-likeness (QED) is 0.343. The molecule has 3 fully saturated rings. The number of alkyl halides is 1. The number of rotatable bonds is 7. The Bertz CT molecular complexity index is 1450. The zero-order valence-corrected chi connectivity index (χ0v) is 24.3. The van der Waals surface area contributed by atoms with Crippen LogP contribution in [-0.4, -0.2) is 52.1 Å². The molecule has 8 nitrogen and oxygen atoms in total. The van der Waals surface area contributed by atoms with Gasteiger partial charge >= 0.3 is 5.97 Å². The van der Waals surface area contributed by atoms with Gasteiger partial charge in [0.1, 0.15) is 5.82 Å². The van der Waals surface area contributed by atoms with Crippen LogP contribution in [0, 0.1) is 17.8 Å². The highest BCUT2D eigenvalue weighted by atomic mass is 32.1. The number of hydrogen-bond acceptors (Lipinski definition) is 6. The van der Waals surface area contributed by atoms with E-state index in [9.17, 15) is 23.9 Å². The molecule has 2 aromatic heterocycles. The molecule has 3 aliphatic rings. The number of benzene rings is 1. The monoisotopic (exact) mass is 590 g/mol. The van der Waals surface area contributed by atoms with Crippen molar-refractivity contribution in [1.29, 1.82) is 0 Å². The van der Waals surface area contributed by atoms with Gasteiger partial charge in [0.25, 0.3) is 5.91 Å². The minimum Gasteiger partial charge on any atom is -0.481 e. The highest BCUT2D eigenvalue weighted by Crippen LogP contribution is 2.42. The largest absolute Gasteiger partial charge is 0.481 e. The molecule has 0 bridgehead atoms. The first-order valence-corrected chi connectivity index (χ1v) is 15.8. The summed E-state index contributed by atoms with van der Waals surface area (Å²) >= 11 is 1.40. The number of aromatic nitrogens is 2. The number of carbonyl (C=O) groups is 3. The third kappa shape index (κ3) is 5.69. The maximum absolute atomic E-state index is 14.0. The molecule has 1 saturated carbocycles. The summed E-state index contributed by atoms with van der Waals surface area (Å²) in [6.07, 6.45) is 7.44. The van der Waals surface area contributed by atoms with E-state index in [0.717, 1.165) is 67.3 Å². The topological polar surface area (TPSA) is 104 Å². The fourth-order valence-corrected chi connectivity index (χ4v) is 7.82. The number of thiazole rings is 1. The lowest BCUT2D eigenvalue weighted by Gasteiger charge is -2.35. The summed E-state index contributed by atoms with van der Waals surface area (Å²) in [7, 11) is 0. The summed E-state index contributed by atoms with van der Waals surface area (Å²) in [6, 6.07) is 11.4. The summed E-state index contributed by atoms with van der Waals surface area (Å²) in [6.45, 7) is 0.843. The first-order chi connectivity index (χ1) is 20.4. The van der Waals surface area contributed by atoms with Gasteiger partial charge in [-0.25, -0.2) is 14.4 Å². The molecule has 2 amide bonds. The summed E-state index contributed by atoms with van der Waals surface area (Å²) in [5, 5.41) is 12.3. The van der Waals surface area contributed by atoms with Crippen LogP contribution in [0.25, 0.3) is 22.4 Å². The molecule has 2 aliphatic heterocycles. The fraction of sp³-hybridized carbons (Fsp3) is 0.469. The summed E-state index contributed by atoms with van der Waals surface area (Å²) in [5.41, 5.74) is 3.33. The van der Waals surface area contributed by atoms with Gasteiger partial charge in [-0.3, -0.25) is 24.2 Å². The molecule has 220 valence electrons. The lowest BCUT2D eigenvalue weighted by molar-refractivity contribution is -0.142.